The average Bonchev–Trinajstić information content (AvgIpc) is 2.76. The fourth-order valence-electron chi connectivity index (χ4n) is 5.02. The number of nitrogens with zero attached hydrogens (tertiary/aromatic N) is 1. The summed E-state index contributed by atoms with van der Waals surface area (Å²) >= 11 is 0. The number of hydrogen-bond donors (Lipinski definition) is 1. The predicted octanol–water partition coefficient (Wildman–Crippen LogP) is 5.56. The van der Waals surface area contributed by atoms with E-state index in [0.29, 0.717) is 6.42 Å². The average molecular weight is 415 g/mol. The van der Waals surface area contributed by atoms with Crippen LogP contribution < -0.4 is 14.8 Å². The number of Topliss-reactive ketones (excluding diaryl/α,β-unsaturated/α-hetero) is 1. The number of fused-ring (bicyclic) bond motifs is 4. The van der Waals surface area contributed by atoms with Crippen molar-refractivity contribution in [3.8, 4) is 11.5 Å². The number of anilines is 1. The summed E-state index contributed by atoms with van der Waals surface area (Å²) in [5.41, 5.74) is 5.79. The van der Waals surface area contributed by atoms with Gasteiger partial charge in [0.1, 0.15) is 11.5 Å². The van der Waals surface area contributed by atoms with Crippen molar-refractivity contribution in [1.29, 1.82) is 0 Å². The molecule has 0 saturated carbocycles. The number of pyridine rings is 1. The third-order valence-electron chi connectivity index (χ3n) is 6.34. The molecule has 1 N–H and O–H groups in total. The highest BCUT2D eigenvalue weighted by molar-refractivity contribution is 6.12. The molecule has 5 nitrogen and oxygen atoms in total. The maximum atomic E-state index is 13.5. The molecule has 0 radical (unpaired) electrons. The van der Waals surface area contributed by atoms with Gasteiger partial charge in [0.2, 0.25) is 0 Å². The molecule has 3 aromatic rings. The van der Waals surface area contributed by atoms with Gasteiger partial charge in [-0.3, -0.25) is 9.78 Å². The van der Waals surface area contributed by atoms with Crippen molar-refractivity contribution in [3.05, 3.63) is 65.4 Å². The maximum absolute atomic E-state index is 13.5. The Labute approximate surface area is 182 Å². The smallest absolute Gasteiger partial charge is 0.162 e. The van der Waals surface area contributed by atoms with Crippen LogP contribution in [0.5, 0.6) is 11.5 Å². The number of aromatic nitrogens is 1. The minimum Gasteiger partial charge on any atom is -0.497 e. The molecule has 158 valence electrons. The van der Waals surface area contributed by atoms with Crippen molar-refractivity contribution in [2.75, 3.05) is 19.5 Å². The number of ether oxygens (including phenoxy) is 2. The van der Waals surface area contributed by atoms with E-state index in [1.165, 1.54) is 0 Å². The second kappa shape index (κ2) is 7.12. The fraction of sp³-hybridized carbons (Fsp3) is 0.308. The fourth-order valence-corrected chi connectivity index (χ4v) is 5.02. The highest BCUT2D eigenvalue weighted by atomic mass is 16.5. The van der Waals surface area contributed by atoms with E-state index in [1.54, 1.807) is 20.4 Å². The van der Waals surface area contributed by atoms with Gasteiger partial charge in [-0.1, -0.05) is 19.9 Å². The Morgan fingerprint density at radius 2 is 1.90 bits per heavy atom. The van der Waals surface area contributed by atoms with Crippen LogP contribution in [0, 0.1) is 5.41 Å². The second-order valence-corrected chi connectivity index (χ2v) is 9.08. The number of carbonyl (C=O) groups is 1. The van der Waals surface area contributed by atoms with Gasteiger partial charge in [-0.15, -0.1) is 0 Å². The molecule has 5 heteroatoms. The highest BCUT2D eigenvalue weighted by Crippen LogP contribution is 2.53. The van der Waals surface area contributed by atoms with Crippen molar-refractivity contribution in [2.45, 2.75) is 32.7 Å². The van der Waals surface area contributed by atoms with Gasteiger partial charge in [-0.25, -0.2) is 0 Å². The molecule has 0 spiro atoms. The van der Waals surface area contributed by atoms with Crippen LogP contribution in [0.25, 0.3) is 16.5 Å². The number of ketones is 1. The van der Waals surface area contributed by atoms with Gasteiger partial charge in [-0.05, 0) is 53.8 Å². The van der Waals surface area contributed by atoms with Crippen molar-refractivity contribution in [2.24, 2.45) is 5.41 Å². The van der Waals surface area contributed by atoms with Gasteiger partial charge in [0.25, 0.3) is 0 Å². The number of allylic oxidation sites excluding steroid dienone is 1. The van der Waals surface area contributed by atoms with Crippen LogP contribution in [0.4, 0.5) is 5.69 Å². The standard InChI is InChI=1S/C26H26N2O3/c1-26(2)13-18-23-16-6-5-11-27-19(16)8-9-20(23)28-25(24(18)21(29)14-26)17-12-15(30-3)7-10-22(17)31-4/h5-12,25,28H,13-14H2,1-4H3. The summed E-state index contributed by atoms with van der Waals surface area (Å²) in [4.78, 5) is 18.1. The zero-order chi connectivity index (χ0) is 21.8. The lowest BCUT2D eigenvalue weighted by atomic mass is 9.68. The van der Waals surface area contributed by atoms with Crippen molar-refractivity contribution in [1.82, 2.24) is 4.98 Å². The number of nitrogens with one attached hydrogen (secondary N) is 1. The van der Waals surface area contributed by atoms with Gasteiger partial charge < -0.3 is 14.8 Å². The molecular weight excluding hydrogens is 388 g/mol. The minimum absolute atomic E-state index is 0.0993. The number of methoxy groups -OCH3 is 2. The molecule has 5 rings (SSSR count). The number of benzene rings is 2. The van der Waals surface area contributed by atoms with E-state index in [1.807, 2.05) is 30.3 Å². The molecule has 0 fully saturated rings. The van der Waals surface area contributed by atoms with E-state index >= 15 is 0 Å². The van der Waals surface area contributed by atoms with Gasteiger partial charge in [-0.2, -0.15) is 0 Å². The molecule has 1 aromatic heterocycles. The molecule has 0 bridgehead atoms. The molecule has 31 heavy (non-hydrogen) atoms. The monoisotopic (exact) mass is 414 g/mol. The van der Waals surface area contributed by atoms with Crippen LogP contribution in [-0.2, 0) is 4.79 Å². The first-order valence-corrected chi connectivity index (χ1v) is 10.5. The quantitative estimate of drug-likeness (QED) is 0.608. The van der Waals surface area contributed by atoms with Gasteiger partial charge in [0.05, 0.1) is 25.8 Å². The SMILES string of the molecule is COc1ccc(OC)c(C2Nc3ccc4ncccc4c3C3=C2C(=O)CC(C)(C)C3)c1. The Hall–Kier alpha value is -3.34. The summed E-state index contributed by atoms with van der Waals surface area (Å²) in [6, 6.07) is 13.6. The summed E-state index contributed by atoms with van der Waals surface area (Å²) in [5, 5.41) is 4.72. The first kappa shape index (κ1) is 19.6. The number of rotatable bonds is 3. The Morgan fingerprint density at radius 1 is 1.06 bits per heavy atom. The lowest BCUT2D eigenvalue weighted by Crippen LogP contribution is -2.33. The van der Waals surface area contributed by atoms with Crippen LogP contribution >= 0.6 is 0 Å². The summed E-state index contributed by atoms with van der Waals surface area (Å²) in [6.45, 7) is 4.34. The molecule has 2 aliphatic rings. The molecule has 1 aliphatic heterocycles. The van der Waals surface area contributed by atoms with E-state index in [2.05, 4.69) is 36.3 Å². The highest BCUT2D eigenvalue weighted by Gasteiger charge is 2.41. The van der Waals surface area contributed by atoms with Crippen LogP contribution in [0.15, 0.2) is 54.2 Å². The molecule has 1 aliphatic carbocycles. The zero-order valence-electron chi connectivity index (χ0n) is 18.3. The van der Waals surface area contributed by atoms with E-state index in [9.17, 15) is 4.79 Å². The first-order valence-electron chi connectivity index (χ1n) is 10.5. The number of carbonyl (C=O) groups excluding carboxylic acids is 1. The molecule has 2 heterocycles. The molecule has 1 unspecified atom stereocenters. The Morgan fingerprint density at radius 3 is 2.68 bits per heavy atom. The van der Waals surface area contributed by atoms with Crippen molar-refractivity contribution < 1.29 is 14.3 Å². The lowest BCUT2D eigenvalue weighted by molar-refractivity contribution is -0.118. The Bertz CT molecular complexity index is 1240. The van der Waals surface area contributed by atoms with E-state index < -0.39 is 0 Å². The largest absolute Gasteiger partial charge is 0.497 e. The maximum Gasteiger partial charge on any atom is 0.162 e. The van der Waals surface area contributed by atoms with Crippen LogP contribution in [-0.4, -0.2) is 25.0 Å². The topological polar surface area (TPSA) is 60.5 Å². The molecule has 2 aromatic carbocycles. The molecule has 1 atom stereocenters. The Balaban J connectivity index is 1.81. The summed E-state index contributed by atoms with van der Waals surface area (Å²) < 4.78 is 11.1. The normalized spacial score (nSPS) is 19.5. The van der Waals surface area contributed by atoms with E-state index in [4.69, 9.17) is 9.47 Å². The van der Waals surface area contributed by atoms with E-state index in [0.717, 1.165) is 56.8 Å². The van der Waals surface area contributed by atoms with Crippen molar-refractivity contribution >= 4 is 27.9 Å². The Kier molecular flexibility index (Phi) is 4.50. The minimum atomic E-state index is -0.301. The van der Waals surface area contributed by atoms with Crippen LogP contribution in [0.3, 0.4) is 0 Å². The first-order chi connectivity index (χ1) is 14.9. The van der Waals surface area contributed by atoms with Crippen LogP contribution in [0.2, 0.25) is 0 Å². The van der Waals surface area contributed by atoms with Gasteiger partial charge in [0, 0.05) is 40.4 Å². The van der Waals surface area contributed by atoms with Gasteiger partial charge in [0.15, 0.2) is 5.78 Å². The van der Waals surface area contributed by atoms with E-state index in [-0.39, 0.29) is 17.2 Å². The second-order valence-electron chi connectivity index (χ2n) is 9.08. The number of hydrogen-bond acceptors (Lipinski definition) is 5. The van der Waals surface area contributed by atoms with Gasteiger partial charge >= 0.3 is 0 Å². The lowest BCUT2D eigenvalue weighted by Gasteiger charge is -2.40. The summed E-state index contributed by atoms with van der Waals surface area (Å²) in [7, 11) is 3.30. The summed E-state index contributed by atoms with van der Waals surface area (Å²) in [6.07, 6.45) is 3.16. The third kappa shape index (κ3) is 3.16. The predicted molar refractivity (Wildman–Crippen MR) is 123 cm³/mol. The third-order valence-corrected chi connectivity index (χ3v) is 6.34. The zero-order valence-corrected chi connectivity index (χ0v) is 18.3. The molecule has 0 amide bonds. The van der Waals surface area contributed by atoms with Crippen molar-refractivity contribution in [3.63, 3.8) is 0 Å². The molecule has 0 saturated heterocycles. The molecular formula is C26H26N2O3. The van der Waals surface area contributed by atoms with Crippen LogP contribution in [0.1, 0.15) is 43.9 Å². The summed E-state index contributed by atoms with van der Waals surface area (Å²) in [5.74, 6) is 1.64.